The molecule has 0 atom stereocenters. The van der Waals surface area contributed by atoms with Crippen LogP contribution in [0.15, 0.2) is 36.4 Å². The smallest absolute Gasteiger partial charge is 0.101 e. The van der Waals surface area contributed by atoms with E-state index in [-0.39, 0.29) is 0 Å². The Morgan fingerprint density at radius 1 is 0.590 bits per heavy atom. The van der Waals surface area contributed by atoms with Gasteiger partial charge in [0.25, 0.3) is 0 Å². The van der Waals surface area contributed by atoms with Gasteiger partial charge in [0.15, 0.2) is 0 Å². The largest absolute Gasteiger partial charge is 0.192 e. The molecule has 2 fully saturated rings. The third-order valence-corrected chi connectivity index (χ3v) is 9.97. The van der Waals surface area contributed by atoms with Crippen molar-refractivity contribution in [1.29, 1.82) is 10.5 Å². The second kappa shape index (κ2) is 15.3. The number of unbranched alkanes of at least 4 members (excludes halogenated alkanes) is 5. The third kappa shape index (κ3) is 7.76. The van der Waals surface area contributed by atoms with Crippen molar-refractivity contribution in [3.63, 3.8) is 0 Å². The summed E-state index contributed by atoms with van der Waals surface area (Å²) in [7, 11) is 0. The van der Waals surface area contributed by atoms with Crippen molar-refractivity contribution in [3.8, 4) is 23.3 Å². The number of rotatable bonds is 12. The summed E-state index contributed by atoms with van der Waals surface area (Å²) in [5, 5.41) is 20.3. The van der Waals surface area contributed by atoms with Gasteiger partial charge >= 0.3 is 0 Å². The van der Waals surface area contributed by atoms with Gasteiger partial charge in [-0.3, -0.25) is 0 Å². The Morgan fingerprint density at radius 2 is 1.15 bits per heavy atom. The molecule has 2 aromatic rings. The lowest BCUT2D eigenvalue weighted by Crippen LogP contribution is -2.15. The normalized spacial score (nSPS) is 23.2. The number of benzene rings is 2. The zero-order valence-corrected chi connectivity index (χ0v) is 24.7. The number of hydrogen-bond donors (Lipinski definition) is 0. The lowest BCUT2D eigenvalue weighted by molar-refractivity contribution is 0.302. The fourth-order valence-corrected chi connectivity index (χ4v) is 7.45. The molecule has 0 bridgehead atoms. The lowest BCUT2D eigenvalue weighted by Gasteiger charge is -2.30. The van der Waals surface area contributed by atoms with Crippen molar-refractivity contribution in [3.05, 3.63) is 58.7 Å². The predicted molar refractivity (Wildman–Crippen MR) is 164 cm³/mol. The molecule has 0 aliphatic heterocycles. The summed E-state index contributed by atoms with van der Waals surface area (Å²) >= 11 is 0. The minimum Gasteiger partial charge on any atom is -0.192 e. The van der Waals surface area contributed by atoms with Crippen molar-refractivity contribution in [2.75, 3.05) is 0 Å². The quantitative estimate of drug-likeness (QED) is 0.260. The van der Waals surface area contributed by atoms with Crippen LogP contribution >= 0.6 is 0 Å². The molecule has 2 aromatic carbocycles. The van der Waals surface area contributed by atoms with Crippen molar-refractivity contribution in [1.82, 2.24) is 0 Å². The van der Waals surface area contributed by atoms with Crippen molar-refractivity contribution in [2.24, 2.45) is 11.8 Å². The molecule has 0 radical (unpaired) electrons. The van der Waals surface area contributed by atoms with Crippen LogP contribution in [0.5, 0.6) is 0 Å². The van der Waals surface area contributed by atoms with Gasteiger partial charge in [0, 0.05) is 5.56 Å². The molecule has 2 nitrogen and oxygen atoms in total. The highest BCUT2D eigenvalue weighted by Gasteiger charge is 2.26. The number of nitrogens with zero attached hydrogens (tertiary/aromatic N) is 2. The van der Waals surface area contributed by atoms with Crippen LogP contribution < -0.4 is 0 Å². The molecule has 0 amide bonds. The molecule has 208 valence electrons. The number of hydrogen-bond acceptors (Lipinski definition) is 2. The first kappa shape index (κ1) is 29.4. The van der Waals surface area contributed by atoms with Crippen LogP contribution in [0.4, 0.5) is 0 Å². The molecular weight excluding hydrogens is 472 g/mol. The van der Waals surface area contributed by atoms with Crippen LogP contribution in [-0.4, -0.2) is 0 Å². The summed E-state index contributed by atoms with van der Waals surface area (Å²) in [6.07, 6.45) is 22.4. The van der Waals surface area contributed by atoms with Crippen LogP contribution in [0.3, 0.4) is 0 Å². The lowest BCUT2D eigenvalue weighted by atomic mass is 9.75. The molecule has 0 saturated heterocycles. The first-order valence-electron chi connectivity index (χ1n) is 16.3. The molecule has 4 rings (SSSR count). The second-order valence-corrected chi connectivity index (χ2v) is 12.6. The summed E-state index contributed by atoms with van der Waals surface area (Å²) in [4.78, 5) is 0. The van der Waals surface area contributed by atoms with E-state index in [9.17, 15) is 10.5 Å². The molecule has 2 aliphatic rings. The Morgan fingerprint density at radius 3 is 1.74 bits per heavy atom. The van der Waals surface area contributed by atoms with Gasteiger partial charge in [0.2, 0.25) is 0 Å². The van der Waals surface area contributed by atoms with Crippen molar-refractivity contribution >= 4 is 0 Å². The summed E-state index contributed by atoms with van der Waals surface area (Å²) in [6, 6.07) is 18.1. The van der Waals surface area contributed by atoms with E-state index in [2.05, 4.69) is 62.4 Å². The van der Waals surface area contributed by atoms with E-state index in [1.807, 2.05) is 0 Å². The maximum Gasteiger partial charge on any atom is 0.101 e. The predicted octanol–water partition coefficient (Wildman–Crippen LogP) is 11.2. The highest BCUT2D eigenvalue weighted by molar-refractivity contribution is 5.75. The van der Waals surface area contributed by atoms with Gasteiger partial charge < -0.3 is 0 Å². The van der Waals surface area contributed by atoms with E-state index in [0.29, 0.717) is 23.0 Å². The summed E-state index contributed by atoms with van der Waals surface area (Å²) in [5.41, 5.74) is 5.69. The third-order valence-electron chi connectivity index (χ3n) is 9.97. The van der Waals surface area contributed by atoms with Crippen LogP contribution in [0.25, 0.3) is 11.1 Å². The molecule has 0 N–H and O–H groups in total. The molecule has 0 aromatic heterocycles. The molecule has 0 spiro atoms. The Kier molecular flexibility index (Phi) is 11.5. The van der Waals surface area contributed by atoms with Gasteiger partial charge in [0.05, 0.1) is 11.1 Å². The maximum absolute atomic E-state index is 10.1. The SMILES string of the molecule is CCCCCCC[C@H]1CC[C@H](c2ccc(-c3ccc([C@H]4CC[C@H](CCCC)CC4)c(C#N)c3C#N)cc2)CC1. The molecule has 0 heterocycles. The van der Waals surface area contributed by atoms with Gasteiger partial charge in [0.1, 0.15) is 12.1 Å². The van der Waals surface area contributed by atoms with E-state index in [4.69, 9.17) is 0 Å². The van der Waals surface area contributed by atoms with E-state index in [1.54, 1.807) is 0 Å². The average molecular weight is 523 g/mol. The Balaban J connectivity index is 1.39. The monoisotopic (exact) mass is 522 g/mol. The first-order chi connectivity index (χ1) is 19.2. The van der Waals surface area contributed by atoms with Crippen molar-refractivity contribution < 1.29 is 0 Å². The standard InChI is InChI=1S/C37H50N2/c1-3-5-7-8-9-11-29-12-16-30(17-13-29)31-20-22-33(23-21-31)35-25-24-34(36(26-38)37(35)27-39)32-18-14-28(15-19-32)10-6-4-2/h20-25,28-30,32H,3-19H2,1-2H3/t28-,29-,30-,32-. The zero-order chi connectivity index (χ0) is 27.5. The second-order valence-electron chi connectivity index (χ2n) is 12.6. The van der Waals surface area contributed by atoms with E-state index < -0.39 is 0 Å². The zero-order valence-electron chi connectivity index (χ0n) is 24.7. The van der Waals surface area contributed by atoms with Gasteiger partial charge in [-0.05, 0) is 91.7 Å². The topological polar surface area (TPSA) is 47.6 Å². The molecule has 2 aliphatic carbocycles. The average Bonchev–Trinajstić information content (AvgIpc) is 3.00. The Hall–Kier alpha value is -2.58. The van der Waals surface area contributed by atoms with Gasteiger partial charge in [-0.15, -0.1) is 0 Å². The molecule has 0 unspecified atom stereocenters. The minimum absolute atomic E-state index is 0.410. The molecule has 39 heavy (non-hydrogen) atoms. The van der Waals surface area contributed by atoms with Gasteiger partial charge in [-0.2, -0.15) is 10.5 Å². The number of nitriles is 2. The summed E-state index contributed by atoms with van der Waals surface area (Å²) < 4.78 is 0. The summed E-state index contributed by atoms with van der Waals surface area (Å²) in [5.74, 6) is 2.84. The van der Waals surface area contributed by atoms with Gasteiger partial charge in [-0.1, -0.05) is 108 Å². The van der Waals surface area contributed by atoms with Gasteiger partial charge in [-0.25, -0.2) is 0 Å². The van der Waals surface area contributed by atoms with Crippen LogP contribution in [0.1, 0.15) is 157 Å². The Bertz CT molecular complexity index is 1100. The Labute approximate surface area is 238 Å². The van der Waals surface area contributed by atoms with E-state index >= 15 is 0 Å². The summed E-state index contributed by atoms with van der Waals surface area (Å²) in [6.45, 7) is 4.56. The van der Waals surface area contributed by atoms with Crippen LogP contribution in [0, 0.1) is 34.5 Å². The molecular formula is C37H50N2. The highest BCUT2D eigenvalue weighted by atomic mass is 14.3. The van der Waals surface area contributed by atoms with Crippen molar-refractivity contribution in [2.45, 2.75) is 135 Å². The van der Waals surface area contributed by atoms with Crippen LogP contribution in [-0.2, 0) is 0 Å². The molecule has 2 saturated carbocycles. The highest BCUT2D eigenvalue weighted by Crippen LogP contribution is 2.42. The van der Waals surface area contributed by atoms with E-state index in [0.717, 1.165) is 41.4 Å². The van der Waals surface area contributed by atoms with E-state index in [1.165, 1.54) is 102 Å². The maximum atomic E-state index is 10.1. The minimum atomic E-state index is 0.410. The van der Waals surface area contributed by atoms with Crippen LogP contribution in [0.2, 0.25) is 0 Å². The first-order valence-corrected chi connectivity index (χ1v) is 16.3. The fraction of sp³-hybridized carbons (Fsp3) is 0.622. The fourth-order valence-electron chi connectivity index (χ4n) is 7.45. The molecule has 2 heteroatoms.